The van der Waals surface area contributed by atoms with Gasteiger partial charge in [0.05, 0.1) is 36.1 Å². The molecule has 6 nitrogen and oxygen atoms in total. The van der Waals surface area contributed by atoms with Crippen LogP contribution in [0.15, 0.2) is 22.6 Å². The lowest BCUT2D eigenvalue weighted by Gasteiger charge is -2.10. The Kier molecular flexibility index (Phi) is 6.14. The van der Waals surface area contributed by atoms with Gasteiger partial charge in [0, 0.05) is 5.38 Å². The van der Waals surface area contributed by atoms with E-state index in [0.29, 0.717) is 24.0 Å². The zero-order chi connectivity index (χ0) is 19.3. The number of carbonyl (C=O) groups excluding carboxylic acids is 1. The van der Waals surface area contributed by atoms with Gasteiger partial charge in [0.15, 0.2) is 0 Å². The van der Waals surface area contributed by atoms with E-state index < -0.39 is 34.8 Å². The summed E-state index contributed by atoms with van der Waals surface area (Å²) >= 11 is 1.08. The number of carbonyl (C=O) groups is 1. The zero-order valence-electron chi connectivity index (χ0n) is 13.3. The fraction of sp³-hybridized carbons (Fsp3) is 0.267. The molecule has 0 fully saturated rings. The number of hydrogen-bond donors (Lipinski definition) is 2. The summed E-state index contributed by atoms with van der Waals surface area (Å²) in [4.78, 5) is 15.4. The van der Waals surface area contributed by atoms with Crippen molar-refractivity contribution in [2.75, 3.05) is 12.0 Å². The molecule has 0 atom stereocenters. The predicted molar refractivity (Wildman–Crippen MR) is 86.7 cm³/mol. The van der Waals surface area contributed by atoms with Crippen LogP contribution in [-0.4, -0.2) is 28.9 Å². The molecule has 0 unspecified atom stereocenters. The molecular weight excluding hydrogens is 378 g/mol. The number of anilines is 1. The van der Waals surface area contributed by atoms with Crippen LogP contribution in [0.3, 0.4) is 0 Å². The number of ether oxygens (including phenoxy) is 1. The molecule has 0 aliphatic carbocycles. The quantitative estimate of drug-likeness (QED) is 0.341. The lowest BCUT2D eigenvalue weighted by Crippen LogP contribution is -2.08. The molecule has 0 bridgehead atoms. The monoisotopic (exact) mass is 391 g/mol. The summed E-state index contributed by atoms with van der Waals surface area (Å²) in [6.07, 6.45) is -4.16. The number of phenols is 1. The van der Waals surface area contributed by atoms with E-state index in [0.717, 1.165) is 11.3 Å². The summed E-state index contributed by atoms with van der Waals surface area (Å²) < 4.78 is 56.6. The van der Waals surface area contributed by atoms with Gasteiger partial charge in [-0.25, -0.2) is 9.37 Å². The predicted octanol–water partition coefficient (Wildman–Crippen LogP) is 3.56. The molecule has 2 aromatic rings. The Morgan fingerprint density at radius 3 is 2.85 bits per heavy atom. The molecule has 1 heterocycles. The first-order valence-electron chi connectivity index (χ1n) is 7.20. The van der Waals surface area contributed by atoms with Crippen molar-refractivity contribution in [3.8, 4) is 5.75 Å². The highest BCUT2D eigenvalue weighted by Crippen LogP contribution is 2.37. The SMILES string of the molecule is CCOC(=O)Cc1csc(NN=Cc2c(F)ccc(C(F)(F)F)c2O)n1. The fourth-order valence-corrected chi connectivity index (χ4v) is 2.55. The third-order valence-corrected chi connectivity index (χ3v) is 3.80. The molecule has 0 aliphatic rings. The van der Waals surface area contributed by atoms with Crippen LogP contribution in [0.2, 0.25) is 0 Å². The maximum atomic E-state index is 13.7. The summed E-state index contributed by atoms with van der Waals surface area (Å²) in [5.41, 5.74) is 0.732. The standard InChI is InChI=1S/C15H13F4N3O3S/c1-2-25-12(23)5-8-7-26-14(21-8)22-20-6-9-11(16)4-3-10(13(9)24)15(17,18)19/h3-4,6-7,24H,2,5H2,1H3,(H,21,22). The van der Waals surface area contributed by atoms with Crippen molar-refractivity contribution < 1.29 is 32.2 Å². The fourth-order valence-electron chi connectivity index (χ4n) is 1.89. The number of hydrogen-bond acceptors (Lipinski definition) is 7. The van der Waals surface area contributed by atoms with Gasteiger partial charge in [0.2, 0.25) is 5.13 Å². The number of benzene rings is 1. The van der Waals surface area contributed by atoms with Gasteiger partial charge < -0.3 is 9.84 Å². The minimum Gasteiger partial charge on any atom is -0.507 e. The lowest BCUT2D eigenvalue weighted by molar-refractivity contribution is -0.142. The second-order valence-electron chi connectivity index (χ2n) is 4.85. The normalized spacial score (nSPS) is 11.7. The number of alkyl halides is 3. The number of nitrogens with one attached hydrogen (secondary N) is 1. The van der Waals surface area contributed by atoms with Crippen LogP contribution in [-0.2, 0) is 22.1 Å². The largest absolute Gasteiger partial charge is 0.507 e. The van der Waals surface area contributed by atoms with Crippen molar-refractivity contribution in [2.45, 2.75) is 19.5 Å². The van der Waals surface area contributed by atoms with Gasteiger partial charge >= 0.3 is 12.1 Å². The van der Waals surface area contributed by atoms with E-state index in [1.165, 1.54) is 0 Å². The van der Waals surface area contributed by atoms with E-state index in [4.69, 9.17) is 4.74 Å². The van der Waals surface area contributed by atoms with Crippen LogP contribution in [0.25, 0.3) is 0 Å². The van der Waals surface area contributed by atoms with Gasteiger partial charge in [-0.3, -0.25) is 10.2 Å². The highest BCUT2D eigenvalue weighted by molar-refractivity contribution is 7.13. The second kappa shape index (κ2) is 8.13. The number of phenolic OH excluding ortho intramolecular Hbond substituents is 1. The third kappa shape index (κ3) is 4.91. The second-order valence-corrected chi connectivity index (χ2v) is 5.71. The van der Waals surface area contributed by atoms with Crippen LogP contribution in [0.5, 0.6) is 5.75 Å². The molecular formula is C15H13F4N3O3S. The number of hydrazone groups is 1. The van der Waals surface area contributed by atoms with Crippen LogP contribution in [0.1, 0.15) is 23.7 Å². The first kappa shape index (κ1) is 19.6. The van der Waals surface area contributed by atoms with Crippen molar-refractivity contribution in [1.29, 1.82) is 0 Å². The van der Waals surface area contributed by atoms with Gasteiger partial charge in [-0.2, -0.15) is 18.3 Å². The topological polar surface area (TPSA) is 83.8 Å². The minimum atomic E-state index is -4.83. The maximum absolute atomic E-state index is 13.7. The molecule has 140 valence electrons. The Morgan fingerprint density at radius 2 is 2.19 bits per heavy atom. The summed E-state index contributed by atoms with van der Waals surface area (Å²) in [5, 5.41) is 15.0. The van der Waals surface area contributed by atoms with Crippen LogP contribution < -0.4 is 5.43 Å². The van der Waals surface area contributed by atoms with E-state index in [2.05, 4.69) is 15.5 Å². The molecule has 0 saturated carbocycles. The Labute approximate surface area is 149 Å². The van der Waals surface area contributed by atoms with Crippen molar-refractivity contribution in [2.24, 2.45) is 5.10 Å². The number of rotatable bonds is 6. The third-order valence-electron chi connectivity index (χ3n) is 3.01. The smallest absolute Gasteiger partial charge is 0.419 e. The van der Waals surface area contributed by atoms with Crippen molar-refractivity contribution in [1.82, 2.24) is 4.98 Å². The van der Waals surface area contributed by atoms with Crippen molar-refractivity contribution in [3.05, 3.63) is 40.2 Å². The molecule has 0 amide bonds. The Bertz CT molecular complexity index is 821. The number of thiazole rings is 1. The number of aromatic nitrogens is 1. The molecule has 0 spiro atoms. The zero-order valence-corrected chi connectivity index (χ0v) is 14.1. The molecule has 2 rings (SSSR count). The summed E-state index contributed by atoms with van der Waals surface area (Å²) in [7, 11) is 0. The first-order chi connectivity index (χ1) is 12.2. The summed E-state index contributed by atoms with van der Waals surface area (Å²) in [6, 6.07) is 1.03. The van der Waals surface area contributed by atoms with Crippen LogP contribution >= 0.6 is 11.3 Å². The number of halogens is 4. The molecule has 0 aliphatic heterocycles. The summed E-state index contributed by atoms with van der Waals surface area (Å²) in [5.74, 6) is -2.78. The van der Waals surface area contributed by atoms with E-state index in [-0.39, 0.29) is 18.2 Å². The van der Waals surface area contributed by atoms with Crippen molar-refractivity contribution >= 4 is 28.7 Å². The van der Waals surface area contributed by atoms with E-state index in [1.54, 1.807) is 12.3 Å². The van der Waals surface area contributed by atoms with E-state index >= 15 is 0 Å². The Balaban J connectivity index is 2.10. The van der Waals surface area contributed by atoms with Gasteiger partial charge in [0.25, 0.3) is 0 Å². The number of aromatic hydroxyl groups is 1. The van der Waals surface area contributed by atoms with E-state index in [9.17, 15) is 27.5 Å². The van der Waals surface area contributed by atoms with Crippen LogP contribution in [0, 0.1) is 5.82 Å². The number of esters is 1. The van der Waals surface area contributed by atoms with Gasteiger partial charge in [-0.1, -0.05) is 0 Å². The Hall–Kier alpha value is -2.69. The summed E-state index contributed by atoms with van der Waals surface area (Å²) in [6.45, 7) is 1.91. The average Bonchev–Trinajstić information content (AvgIpc) is 2.96. The van der Waals surface area contributed by atoms with Gasteiger partial charge in [-0.05, 0) is 19.1 Å². The average molecular weight is 391 g/mol. The van der Waals surface area contributed by atoms with Gasteiger partial charge in [0.1, 0.15) is 11.6 Å². The highest BCUT2D eigenvalue weighted by atomic mass is 32.1. The van der Waals surface area contributed by atoms with Crippen molar-refractivity contribution in [3.63, 3.8) is 0 Å². The molecule has 2 N–H and O–H groups in total. The lowest BCUT2D eigenvalue weighted by atomic mass is 10.1. The first-order valence-corrected chi connectivity index (χ1v) is 8.08. The number of nitrogens with zero attached hydrogens (tertiary/aromatic N) is 2. The minimum absolute atomic E-state index is 0.0429. The molecule has 1 aromatic carbocycles. The molecule has 0 saturated heterocycles. The highest BCUT2D eigenvalue weighted by Gasteiger charge is 2.35. The Morgan fingerprint density at radius 1 is 1.46 bits per heavy atom. The molecule has 11 heteroatoms. The van der Waals surface area contributed by atoms with E-state index in [1.807, 2.05) is 0 Å². The molecule has 26 heavy (non-hydrogen) atoms. The van der Waals surface area contributed by atoms with Gasteiger partial charge in [-0.15, -0.1) is 11.3 Å². The van der Waals surface area contributed by atoms with Crippen LogP contribution in [0.4, 0.5) is 22.7 Å². The molecule has 0 radical (unpaired) electrons. The maximum Gasteiger partial charge on any atom is 0.419 e. The molecule has 1 aromatic heterocycles.